The van der Waals surface area contributed by atoms with Crippen LogP contribution in [0.1, 0.15) is 61.7 Å². The zero-order valence-electron chi connectivity index (χ0n) is 18.0. The Bertz CT molecular complexity index is 1120. The molecule has 0 atom stereocenters. The summed E-state index contributed by atoms with van der Waals surface area (Å²) in [5.74, 6) is 0.394. The molecule has 1 spiro atoms. The van der Waals surface area contributed by atoms with Gasteiger partial charge in [0.05, 0.1) is 4.90 Å². The molecule has 2 fully saturated rings. The minimum atomic E-state index is -3.62. The Balaban J connectivity index is 1.32. The van der Waals surface area contributed by atoms with Crippen LogP contribution in [0.5, 0.6) is 11.5 Å². The Hall–Kier alpha value is -2.58. The second-order valence-electron chi connectivity index (χ2n) is 8.78. The molecule has 0 unspecified atom stereocenters. The summed E-state index contributed by atoms with van der Waals surface area (Å²) in [6.45, 7) is 1.05. The van der Waals surface area contributed by atoms with Gasteiger partial charge in [-0.05, 0) is 56.0 Å². The first kappa shape index (κ1) is 21.3. The van der Waals surface area contributed by atoms with Crippen LogP contribution in [0.15, 0.2) is 47.4 Å². The van der Waals surface area contributed by atoms with Gasteiger partial charge in [-0.2, -0.15) is 4.31 Å². The maximum Gasteiger partial charge on any atom is 0.255 e. The Morgan fingerprint density at radius 3 is 2.34 bits per heavy atom. The molecule has 1 saturated carbocycles. The number of carbonyl (C=O) groups is 1. The van der Waals surface area contributed by atoms with Crippen LogP contribution in [-0.2, 0) is 10.0 Å². The first-order chi connectivity index (χ1) is 15.5. The normalized spacial score (nSPS) is 20.2. The van der Waals surface area contributed by atoms with Crippen molar-refractivity contribution >= 4 is 21.6 Å². The number of rotatable bonds is 4. The molecular weight excluding hydrogens is 428 g/mol. The highest BCUT2D eigenvalue weighted by atomic mass is 32.2. The largest absolute Gasteiger partial charge is 0.448 e. The quantitative estimate of drug-likeness (QED) is 0.730. The lowest BCUT2D eigenvalue weighted by atomic mass is 10.2. The van der Waals surface area contributed by atoms with Gasteiger partial charge in [0.2, 0.25) is 10.0 Å². The van der Waals surface area contributed by atoms with E-state index in [4.69, 9.17) is 9.47 Å². The van der Waals surface area contributed by atoms with E-state index < -0.39 is 15.8 Å². The molecule has 1 saturated heterocycles. The molecule has 7 nitrogen and oxygen atoms in total. The summed E-state index contributed by atoms with van der Waals surface area (Å²) >= 11 is 0. The number of nitrogens with one attached hydrogen (secondary N) is 1. The molecule has 0 bridgehead atoms. The van der Waals surface area contributed by atoms with Crippen LogP contribution in [0.4, 0.5) is 5.69 Å². The molecule has 2 aromatic carbocycles. The number of hydrogen-bond donors (Lipinski definition) is 1. The summed E-state index contributed by atoms with van der Waals surface area (Å²) in [5, 5.41) is 2.85. The fourth-order valence-electron chi connectivity index (χ4n) is 4.72. The Kier molecular flexibility index (Phi) is 5.59. The van der Waals surface area contributed by atoms with Gasteiger partial charge in [-0.3, -0.25) is 4.79 Å². The molecule has 5 rings (SSSR count). The number of sulfonamides is 1. The third kappa shape index (κ3) is 4.09. The summed E-state index contributed by atoms with van der Waals surface area (Å²) in [4.78, 5) is 13.0. The van der Waals surface area contributed by atoms with Crippen molar-refractivity contribution in [3.8, 4) is 11.5 Å². The van der Waals surface area contributed by atoms with E-state index >= 15 is 0 Å². The van der Waals surface area contributed by atoms with Crippen molar-refractivity contribution < 1.29 is 22.7 Å². The van der Waals surface area contributed by atoms with Gasteiger partial charge in [-0.1, -0.05) is 18.9 Å². The molecule has 3 aliphatic rings. The number of benzene rings is 2. The number of carbonyl (C=O) groups excluding carboxylic acids is 1. The zero-order chi connectivity index (χ0) is 22.2. The summed E-state index contributed by atoms with van der Waals surface area (Å²) in [5.41, 5.74) is 0.874. The summed E-state index contributed by atoms with van der Waals surface area (Å²) in [7, 11) is -3.62. The molecule has 2 aliphatic heterocycles. The van der Waals surface area contributed by atoms with E-state index in [1.807, 2.05) is 0 Å². The number of amides is 1. The first-order valence-electron chi connectivity index (χ1n) is 11.4. The van der Waals surface area contributed by atoms with Crippen LogP contribution < -0.4 is 14.8 Å². The number of anilines is 1. The molecule has 1 amide bonds. The lowest BCUT2D eigenvalue weighted by Crippen LogP contribution is -2.34. The van der Waals surface area contributed by atoms with E-state index in [0.717, 1.165) is 51.4 Å². The van der Waals surface area contributed by atoms with Gasteiger partial charge in [0, 0.05) is 43.2 Å². The van der Waals surface area contributed by atoms with Gasteiger partial charge >= 0.3 is 0 Å². The fraction of sp³-hybridized carbons (Fsp3) is 0.458. The van der Waals surface area contributed by atoms with Crippen molar-refractivity contribution in [3.63, 3.8) is 0 Å². The van der Waals surface area contributed by atoms with E-state index in [9.17, 15) is 13.2 Å². The third-order valence-electron chi connectivity index (χ3n) is 6.46. The van der Waals surface area contributed by atoms with Crippen LogP contribution in [0.3, 0.4) is 0 Å². The van der Waals surface area contributed by atoms with Gasteiger partial charge in [0.15, 0.2) is 11.5 Å². The summed E-state index contributed by atoms with van der Waals surface area (Å²) < 4.78 is 39.8. The lowest BCUT2D eigenvalue weighted by molar-refractivity contribution is -0.0716. The van der Waals surface area contributed by atoms with Crippen LogP contribution in [0.2, 0.25) is 0 Å². The van der Waals surface area contributed by atoms with Crippen molar-refractivity contribution in [2.45, 2.75) is 62.0 Å². The molecule has 32 heavy (non-hydrogen) atoms. The molecule has 8 heteroatoms. The van der Waals surface area contributed by atoms with Crippen molar-refractivity contribution in [2.75, 3.05) is 18.4 Å². The van der Waals surface area contributed by atoms with Crippen LogP contribution in [0, 0.1) is 0 Å². The molecule has 170 valence electrons. The average Bonchev–Trinajstić information content (AvgIpc) is 3.28. The lowest BCUT2D eigenvalue weighted by Gasteiger charge is -2.21. The maximum absolute atomic E-state index is 13.1. The van der Waals surface area contributed by atoms with Gasteiger partial charge in [0.25, 0.3) is 11.7 Å². The minimum absolute atomic E-state index is 0.154. The van der Waals surface area contributed by atoms with Crippen molar-refractivity contribution in [1.82, 2.24) is 4.31 Å². The fourth-order valence-corrected chi connectivity index (χ4v) is 6.28. The highest BCUT2D eigenvalue weighted by Gasteiger charge is 2.44. The van der Waals surface area contributed by atoms with E-state index in [-0.39, 0.29) is 10.8 Å². The van der Waals surface area contributed by atoms with Crippen molar-refractivity contribution in [3.05, 3.63) is 48.0 Å². The number of nitrogens with zero attached hydrogens (tertiary/aromatic N) is 1. The van der Waals surface area contributed by atoms with Crippen LogP contribution >= 0.6 is 0 Å². The smallest absolute Gasteiger partial charge is 0.255 e. The van der Waals surface area contributed by atoms with Gasteiger partial charge in [0.1, 0.15) is 0 Å². The summed E-state index contributed by atoms with van der Waals surface area (Å²) in [6.07, 6.45) is 7.71. The molecule has 0 aromatic heterocycles. The number of fused-ring (bicyclic) bond motifs is 1. The minimum Gasteiger partial charge on any atom is -0.448 e. The van der Waals surface area contributed by atoms with Crippen molar-refractivity contribution in [2.24, 2.45) is 0 Å². The molecule has 1 aliphatic carbocycles. The standard InChI is InChI=1S/C24H28N2O5S/c27-23(25-19-10-11-21-22(17-19)31-24(30-21)12-3-4-13-24)18-8-7-9-20(16-18)32(28,29)26-14-5-1-2-6-15-26/h7-11,16-17H,1-6,12-15H2,(H,25,27). The second-order valence-corrected chi connectivity index (χ2v) is 10.7. The zero-order valence-corrected chi connectivity index (χ0v) is 18.8. The Morgan fingerprint density at radius 2 is 1.59 bits per heavy atom. The molecule has 2 heterocycles. The number of hydrogen-bond acceptors (Lipinski definition) is 5. The van der Waals surface area contributed by atoms with Gasteiger partial charge in [-0.15, -0.1) is 0 Å². The third-order valence-corrected chi connectivity index (χ3v) is 8.35. The van der Waals surface area contributed by atoms with E-state index in [1.165, 1.54) is 10.4 Å². The van der Waals surface area contributed by atoms with Crippen LogP contribution in [-0.4, -0.2) is 37.5 Å². The monoisotopic (exact) mass is 456 g/mol. The summed E-state index contributed by atoms with van der Waals surface area (Å²) in [6, 6.07) is 11.6. The maximum atomic E-state index is 13.1. The predicted octanol–water partition coefficient (Wildman–Crippen LogP) is 4.55. The van der Waals surface area contributed by atoms with Gasteiger partial charge in [-0.25, -0.2) is 8.42 Å². The highest BCUT2D eigenvalue weighted by molar-refractivity contribution is 7.89. The predicted molar refractivity (Wildman–Crippen MR) is 121 cm³/mol. The highest BCUT2D eigenvalue weighted by Crippen LogP contribution is 2.47. The SMILES string of the molecule is O=C(Nc1ccc2c(c1)OC1(CCCC1)O2)c1cccc(S(=O)(=O)N2CCCCCC2)c1. The molecule has 0 radical (unpaired) electrons. The van der Waals surface area contributed by atoms with Crippen LogP contribution in [0.25, 0.3) is 0 Å². The Labute approximate surface area is 188 Å². The van der Waals surface area contributed by atoms with E-state index in [2.05, 4.69) is 5.32 Å². The van der Waals surface area contributed by atoms with Gasteiger partial charge < -0.3 is 14.8 Å². The van der Waals surface area contributed by atoms with E-state index in [0.29, 0.717) is 35.8 Å². The molecule has 2 aromatic rings. The molecule has 1 N–H and O–H groups in total. The first-order valence-corrected chi connectivity index (χ1v) is 12.8. The average molecular weight is 457 g/mol. The van der Waals surface area contributed by atoms with E-state index in [1.54, 1.807) is 36.4 Å². The second kappa shape index (κ2) is 8.41. The van der Waals surface area contributed by atoms with Crippen molar-refractivity contribution in [1.29, 1.82) is 0 Å². The number of ether oxygens (including phenoxy) is 2. The Morgan fingerprint density at radius 1 is 0.875 bits per heavy atom. The topological polar surface area (TPSA) is 84.9 Å². The molecular formula is C24H28N2O5S.